The summed E-state index contributed by atoms with van der Waals surface area (Å²) in [4.78, 5) is 36.4. The van der Waals surface area contributed by atoms with Gasteiger partial charge in [0.25, 0.3) is 0 Å². The molecule has 52 heavy (non-hydrogen) atoms. The number of halogens is 1. The van der Waals surface area contributed by atoms with Crippen molar-refractivity contribution in [3.8, 4) is 11.1 Å². The predicted molar refractivity (Wildman–Crippen MR) is 201 cm³/mol. The molecule has 0 radical (unpaired) electrons. The van der Waals surface area contributed by atoms with E-state index >= 15 is 4.39 Å². The second-order valence-corrected chi connectivity index (χ2v) is 15.1. The van der Waals surface area contributed by atoms with Gasteiger partial charge in [0.2, 0.25) is 11.8 Å². The number of hydrogen-bond acceptors (Lipinski definition) is 7. The van der Waals surface area contributed by atoms with E-state index in [9.17, 15) is 9.59 Å². The molecule has 0 bridgehead atoms. The lowest BCUT2D eigenvalue weighted by atomic mass is 9.89. The molecule has 2 saturated heterocycles. The van der Waals surface area contributed by atoms with Crippen molar-refractivity contribution in [2.75, 3.05) is 38.7 Å². The molecule has 0 atom stereocenters. The molecule has 10 nitrogen and oxygen atoms in total. The number of nitrogens with two attached hydrogens (primary N) is 1. The van der Waals surface area contributed by atoms with Crippen molar-refractivity contribution in [1.29, 1.82) is 0 Å². The third-order valence-corrected chi connectivity index (χ3v) is 11.4. The van der Waals surface area contributed by atoms with Gasteiger partial charge < -0.3 is 25.6 Å². The number of nitrogens with one attached hydrogen (secondary N) is 1. The Morgan fingerprint density at radius 3 is 2.50 bits per heavy atom. The standard InChI is InChI=1S/C41H52FN7O3/c1-4-36-34(37(45-31-13-19-52-20-14-31)33-24-44-49(5-2)38(33)46-36)26-48(40(51)41(15-16-41)39(43)50)25-29-9-10-35(42)32(23-29)30-8-6-7-28(22-30)21-27-11-17-47(3)18-12-27/h6-10,22-24,27,31H,4-5,11-21,25-26H2,1-3H3,(H2,43,50)(H,45,46). The number of anilines is 1. The van der Waals surface area contributed by atoms with Gasteiger partial charge in [-0.15, -0.1) is 0 Å². The third kappa shape index (κ3) is 7.43. The van der Waals surface area contributed by atoms with E-state index in [1.54, 1.807) is 11.0 Å². The number of piperidine rings is 1. The summed E-state index contributed by atoms with van der Waals surface area (Å²) in [5.74, 6) is -0.592. The molecular formula is C41H52FN7O3. The first-order chi connectivity index (χ1) is 25.2. The average molecular weight is 710 g/mol. The highest BCUT2D eigenvalue weighted by molar-refractivity contribution is 6.07. The highest BCUT2D eigenvalue weighted by Gasteiger charge is 2.57. The Kier molecular flexibility index (Phi) is 10.6. The summed E-state index contributed by atoms with van der Waals surface area (Å²) < 4.78 is 23.2. The number of carbonyl (C=O) groups excluding carboxylic acids is 2. The quantitative estimate of drug-likeness (QED) is 0.161. The van der Waals surface area contributed by atoms with Crippen LogP contribution in [-0.2, 0) is 46.8 Å². The lowest BCUT2D eigenvalue weighted by Crippen LogP contribution is -2.43. The number of hydrogen-bond donors (Lipinski definition) is 2. The van der Waals surface area contributed by atoms with Crippen LogP contribution in [0.3, 0.4) is 0 Å². The number of benzene rings is 2. The topological polar surface area (TPSA) is 119 Å². The fourth-order valence-electron chi connectivity index (χ4n) is 8.04. The van der Waals surface area contributed by atoms with Crippen LogP contribution in [0.25, 0.3) is 22.2 Å². The van der Waals surface area contributed by atoms with Crippen LogP contribution in [0.1, 0.15) is 74.8 Å². The fraction of sp³-hybridized carbons (Fsp3) is 0.512. The Labute approximate surface area is 305 Å². The van der Waals surface area contributed by atoms with Gasteiger partial charge in [0.15, 0.2) is 5.65 Å². The summed E-state index contributed by atoms with van der Waals surface area (Å²) in [7, 11) is 2.17. The van der Waals surface area contributed by atoms with Gasteiger partial charge in [0.05, 0.1) is 17.3 Å². The Bertz CT molecular complexity index is 1920. The molecule has 11 heteroatoms. The lowest BCUT2D eigenvalue weighted by molar-refractivity contribution is -0.144. The molecule has 3 aliphatic rings. The van der Waals surface area contributed by atoms with Gasteiger partial charge in [-0.1, -0.05) is 37.3 Å². The smallest absolute Gasteiger partial charge is 0.238 e. The third-order valence-electron chi connectivity index (χ3n) is 11.4. The molecule has 0 unspecified atom stereocenters. The van der Waals surface area contributed by atoms with Crippen LogP contribution in [0.15, 0.2) is 48.7 Å². The van der Waals surface area contributed by atoms with Crippen molar-refractivity contribution in [2.45, 2.75) is 90.9 Å². The van der Waals surface area contributed by atoms with Crippen LogP contribution in [0.2, 0.25) is 0 Å². The highest BCUT2D eigenvalue weighted by Crippen LogP contribution is 2.48. The van der Waals surface area contributed by atoms with Gasteiger partial charge in [-0.05, 0) is 113 Å². The van der Waals surface area contributed by atoms with E-state index in [-0.39, 0.29) is 30.9 Å². The second kappa shape index (κ2) is 15.3. The first kappa shape index (κ1) is 36.0. The average Bonchev–Trinajstić information content (AvgIpc) is 3.88. The molecule has 7 rings (SSSR count). The first-order valence-corrected chi connectivity index (χ1v) is 19.1. The maximum Gasteiger partial charge on any atom is 0.238 e. The first-order valence-electron chi connectivity index (χ1n) is 19.1. The van der Waals surface area contributed by atoms with E-state index < -0.39 is 11.3 Å². The molecule has 2 amide bonds. The van der Waals surface area contributed by atoms with E-state index in [0.29, 0.717) is 50.5 Å². The number of rotatable bonds is 13. The Morgan fingerprint density at radius 2 is 1.81 bits per heavy atom. The zero-order valence-electron chi connectivity index (χ0n) is 30.8. The zero-order valence-corrected chi connectivity index (χ0v) is 30.8. The predicted octanol–water partition coefficient (Wildman–Crippen LogP) is 6.09. The summed E-state index contributed by atoms with van der Waals surface area (Å²) in [6.07, 6.45) is 8.35. The Morgan fingerprint density at radius 1 is 1.04 bits per heavy atom. The van der Waals surface area contributed by atoms with Gasteiger partial charge in [-0.25, -0.2) is 14.1 Å². The van der Waals surface area contributed by atoms with E-state index in [1.165, 1.54) is 11.6 Å². The minimum Gasteiger partial charge on any atom is -0.381 e. The largest absolute Gasteiger partial charge is 0.381 e. The van der Waals surface area contributed by atoms with Gasteiger partial charge >= 0.3 is 0 Å². The Hall–Kier alpha value is -4.35. The molecule has 3 N–H and O–H groups in total. The zero-order chi connectivity index (χ0) is 36.4. The number of pyridine rings is 1. The van der Waals surface area contributed by atoms with Crippen molar-refractivity contribution >= 4 is 28.5 Å². The second-order valence-electron chi connectivity index (χ2n) is 15.1. The minimum atomic E-state index is -1.23. The molecule has 1 saturated carbocycles. The summed E-state index contributed by atoms with van der Waals surface area (Å²) >= 11 is 0. The monoisotopic (exact) mass is 709 g/mol. The molecular weight excluding hydrogens is 657 g/mol. The van der Waals surface area contributed by atoms with Gasteiger partial charge in [-0.2, -0.15) is 5.10 Å². The van der Waals surface area contributed by atoms with Crippen molar-refractivity contribution < 1.29 is 18.7 Å². The van der Waals surface area contributed by atoms with E-state index in [2.05, 4.69) is 41.4 Å². The summed E-state index contributed by atoms with van der Waals surface area (Å²) in [6, 6.07) is 13.5. The van der Waals surface area contributed by atoms with Crippen molar-refractivity contribution in [2.24, 2.45) is 17.1 Å². The number of likely N-dealkylation sites (tertiary alicyclic amines) is 1. The number of fused-ring (bicyclic) bond motifs is 1. The number of nitrogens with zero attached hydrogens (tertiary/aromatic N) is 5. The van der Waals surface area contributed by atoms with Crippen LogP contribution in [0.4, 0.5) is 10.1 Å². The molecule has 2 aromatic carbocycles. The van der Waals surface area contributed by atoms with Crippen LogP contribution in [-0.4, -0.2) is 75.8 Å². The lowest BCUT2D eigenvalue weighted by Gasteiger charge is -2.30. The number of aromatic nitrogens is 3. The number of primary amides is 1. The summed E-state index contributed by atoms with van der Waals surface area (Å²) in [6.45, 7) is 8.74. The SMILES string of the molecule is CCc1nc2c(cnn2CC)c(NC2CCOCC2)c1CN(Cc1ccc(F)c(-c2cccc(CC3CCN(C)CC3)c2)c1)C(=O)C1(C(N)=O)CC1. The molecule has 0 spiro atoms. The molecule has 4 aromatic rings. The van der Waals surface area contributed by atoms with E-state index in [0.717, 1.165) is 84.3 Å². The Balaban J connectivity index is 1.24. The molecule has 3 fully saturated rings. The molecule has 1 aliphatic carbocycles. The van der Waals surface area contributed by atoms with Gasteiger partial charge in [0, 0.05) is 55.7 Å². The summed E-state index contributed by atoms with van der Waals surface area (Å²) in [5.41, 5.74) is 11.4. The van der Waals surface area contributed by atoms with Crippen LogP contribution in [0.5, 0.6) is 0 Å². The summed E-state index contributed by atoms with van der Waals surface area (Å²) in [5, 5.41) is 9.34. The number of ether oxygens (including phenoxy) is 1. The normalized spacial score (nSPS) is 18.1. The number of amides is 2. The van der Waals surface area contributed by atoms with Crippen molar-refractivity contribution in [1.82, 2.24) is 24.6 Å². The number of aryl methyl sites for hydroxylation is 2. The van der Waals surface area contributed by atoms with Gasteiger partial charge in [-0.3, -0.25) is 9.59 Å². The van der Waals surface area contributed by atoms with Crippen molar-refractivity contribution in [3.63, 3.8) is 0 Å². The van der Waals surface area contributed by atoms with Crippen LogP contribution in [0, 0.1) is 17.2 Å². The maximum atomic E-state index is 15.6. The molecule has 2 aliphatic heterocycles. The number of carbonyl (C=O) groups is 2. The highest BCUT2D eigenvalue weighted by atomic mass is 19.1. The molecule has 2 aromatic heterocycles. The van der Waals surface area contributed by atoms with Crippen LogP contribution < -0.4 is 11.1 Å². The van der Waals surface area contributed by atoms with Gasteiger partial charge in [0.1, 0.15) is 11.2 Å². The van der Waals surface area contributed by atoms with E-state index in [4.69, 9.17) is 15.5 Å². The van der Waals surface area contributed by atoms with Crippen LogP contribution >= 0.6 is 0 Å². The van der Waals surface area contributed by atoms with Crippen molar-refractivity contribution in [3.05, 3.63) is 76.9 Å². The fourth-order valence-corrected chi connectivity index (χ4v) is 8.04. The van der Waals surface area contributed by atoms with E-state index in [1.807, 2.05) is 36.0 Å². The minimum absolute atomic E-state index is 0.183. The maximum absolute atomic E-state index is 15.6. The molecule has 276 valence electrons. The molecule has 4 heterocycles.